The molecule has 0 amide bonds. The fourth-order valence-electron chi connectivity index (χ4n) is 2.08. The quantitative estimate of drug-likeness (QED) is 0.649. The molecule has 16 heavy (non-hydrogen) atoms. The van der Waals surface area contributed by atoms with Crippen LogP contribution in [-0.4, -0.2) is 5.88 Å². The summed E-state index contributed by atoms with van der Waals surface area (Å²) in [6, 6.07) is 6.83. The van der Waals surface area contributed by atoms with Gasteiger partial charge in [-0.05, 0) is 41.4 Å². The molecule has 1 atom stereocenters. The van der Waals surface area contributed by atoms with Crippen LogP contribution in [0.5, 0.6) is 0 Å². The zero-order chi connectivity index (χ0) is 12.3. The fourth-order valence-corrected chi connectivity index (χ4v) is 2.41. The number of aryl methyl sites for hydroxylation is 1. The molecular formula is C15H23Cl. The number of hydrogen-bond acceptors (Lipinski definition) is 0. The third-order valence-corrected chi connectivity index (χ3v) is 3.40. The third kappa shape index (κ3) is 3.25. The van der Waals surface area contributed by atoms with Crippen molar-refractivity contribution >= 4 is 11.6 Å². The Kier molecular flexibility index (Phi) is 4.43. The zero-order valence-electron chi connectivity index (χ0n) is 11.1. The van der Waals surface area contributed by atoms with Crippen molar-refractivity contribution in [2.24, 2.45) is 0 Å². The van der Waals surface area contributed by atoms with E-state index in [0.29, 0.717) is 5.92 Å². The van der Waals surface area contributed by atoms with Gasteiger partial charge in [0, 0.05) is 5.88 Å². The van der Waals surface area contributed by atoms with Gasteiger partial charge in [0.25, 0.3) is 0 Å². The number of alkyl halides is 1. The molecule has 90 valence electrons. The topological polar surface area (TPSA) is 0 Å². The summed E-state index contributed by atoms with van der Waals surface area (Å²) in [5.74, 6) is 1.29. The molecule has 0 spiro atoms. The van der Waals surface area contributed by atoms with E-state index in [2.05, 4.69) is 52.8 Å². The lowest BCUT2D eigenvalue weighted by atomic mass is 9.81. The maximum Gasteiger partial charge on any atom is 0.0229 e. The lowest BCUT2D eigenvalue weighted by Crippen LogP contribution is -2.14. The van der Waals surface area contributed by atoms with Gasteiger partial charge in [-0.25, -0.2) is 0 Å². The van der Waals surface area contributed by atoms with Crippen LogP contribution in [0.2, 0.25) is 0 Å². The van der Waals surface area contributed by atoms with Gasteiger partial charge in [0.05, 0.1) is 0 Å². The Morgan fingerprint density at radius 3 is 2.38 bits per heavy atom. The highest BCUT2D eigenvalue weighted by Gasteiger charge is 2.17. The van der Waals surface area contributed by atoms with Crippen LogP contribution in [0.4, 0.5) is 0 Å². The molecule has 0 bridgehead atoms. The van der Waals surface area contributed by atoms with Crippen LogP contribution in [0.1, 0.15) is 56.7 Å². The fraction of sp³-hybridized carbons (Fsp3) is 0.600. The SMILES string of the molecule is Cc1ccc(C(C)CCCl)cc1C(C)(C)C. The molecule has 0 aromatic heterocycles. The Morgan fingerprint density at radius 1 is 1.25 bits per heavy atom. The van der Waals surface area contributed by atoms with Gasteiger partial charge in [0.15, 0.2) is 0 Å². The first-order valence-electron chi connectivity index (χ1n) is 6.03. The number of benzene rings is 1. The highest BCUT2D eigenvalue weighted by atomic mass is 35.5. The summed E-state index contributed by atoms with van der Waals surface area (Å²) in [6.07, 6.45) is 1.05. The minimum Gasteiger partial charge on any atom is -0.127 e. The van der Waals surface area contributed by atoms with Gasteiger partial charge >= 0.3 is 0 Å². The van der Waals surface area contributed by atoms with E-state index in [-0.39, 0.29) is 5.41 Å². The van der Waals surface area contributed by atoms with Crippen molar-refractivity contribution in [3.8, 4) is 0 Å². The van der Waals surface area contributed by atoms with E-state index in [1.165, 1.54) is 16.7 Å². The van der Waals surface area contributed by atoms with Gasteiger partial charge in [0.2, 0.25) is 0 Å². The van der Waals surface area contributed by atoms with Gasteiger partial charge in [0.1, 0.15) is 0 Å². The predicted molar refractivity (Wildman–Crippen MR) is 73.6 cm³/mol. The van der Waals surface area contributed by atoms with Crippen molar-refractivity contribution in [2.75, 3.05) is 5.88 Å². The summed E-state index contributed by atoms with van der Waals surface area (Å²) >= 11 is 5.81. The van der Waals surface area contributed by atoms with E-state index in [0.717, 1.165) is 12.3 Å². The molecule has 0 aliphatic heterocycles. The Hall–Kier alpha value is -0.490. The summed E-state index contributed by atoms with van der Waals surface area (Å²) in [5, 5.41) is 0. The smallest absolute Gasteiger partial charge is 0.0229 e. The molecule has 0 radical (unpaired) electrons. The van der Waals surface area contributed by atoms with Crippen molar-refractivity contribution < 1.29 is 0 Å². The van der Waals surface area contributed by atoms with Crippen LogP contribution in [0.15, 0.2) is 18.2 Å². The normalized spacial score (nSPS) is 13.9. The van der Waals surface area contributed by atoms with Crippen LogP contribution < -0.4 is 0 Å². The van der Waals surface area contributed by atoms with Crippen LogP contribution in [0.3, 0.4) is 0 Å². The Morgan fingerprint density at radius 2 is 1.88 bits per heavy atom. The summed E-state index contributed by atoms with van der Waals surface area (Å²) in [4.78, 5) is 0. The molecule has 0 heterocycles. The summed E-state index contributed by atoms with van der Waals surface area (Å²) < 4.78 is 0. The average molecular weight is 239 g/mol. The van der Waals surface area contributed by atoms with E-state index < -0.39 is 0 Å². The van der Waals surface area contributed by atoms with Crippen molar-refractivity contribution in [1.82, 2.24) is 0 Å². The van der Waals surface area contributed by atoms with Crippen LogP contribution in [0, 0.1) is 6.92 Å². The molecule has 0 N–H and O–H groups in total. The first-order chi connectivity index (χ1) is 7.36. The van der Waals surface area contributed by atoms with Crippen molar-refractivity contribution in [1.29, 1.82) is 0 Å². The third-order valence-electron chi connectivity index (χ3n) is 3.18. The molecule has 1 unspecified atom stereocenters. The second-order valence-corrected chi connectivity index (χ2v) is 6.08. The maximum absolute atomic E-state index is 5.81. The van der Waals surface area contributed by atoms with E-state index in [1.807, 2.05) is 0 Å². The summed E-state index contributed by atoms with van der Waals surface area (Å²) in [6.45, 7) is 11.2. The average Bonchev–Trinajstić information content (AvgIpc) is 2.16. The molecule has 1 aromatic carbocycles. The number of rotatable bonds is 3. The molecule has 1 aromatic rings. The van der Waals surface area contributed by atoms with Gasteiger partial charge in [-0.3, -0.25) is 0 Å². The number of hydrogen-bond donors (Lipinski definition) is 0. The molecule has 1 rings (SSSR count). The van der Waals surface area contributed by atoms with Crippen LogP contribution in [0.25, 0.3) is 0 Å². The van der Waals surface area contributed by atoms with Gasteiger partial charge in [-0.1, -0.05) is 45.9 Å². The second kappa shape index (κ2) is 5.23. The first-order valence-corrected chi connectivity index (χ1v) is 6.56. The Bertz CT molecular complexity index is 347. The molecule has 0 saturated heterocycles. The molecular weight excluding hydrogens is 216 g/mol. The summed E-state index contributed by atoms with van der Waals surface area (Å²) in [7, 11) is 0. The zero-order valence-corrected chi connectivity index (χ0v) is 11.9. The molecule has 0 fully saturated rings. The van der Waals surface area contributed by atoms with E-state index in [4.69, 9.17) is 11.6 Å². The molecule has 0 aliphatic carbocycles. The molecule has 0 saturated carbocycles. The minimum absolute atomic E-state index is 0.223. The van der Waals surface area contributed by atoms with Crippen molar-refractivity contribution in [3.63, 3.8) is 0 Å². The lowest BCUT2D eigenvalue weighted by molar-refractivity contribution is 0.583. The maximum atomic E-state index is 5.81. The van der Waals surface area contributed by atoms with Gasteiger partial charge in [-0.2, -0.15) is 0 Å². The highest BCUT2D eigenvalue weighted by Crippen LogP contribution is 2.29. The van der Waals surface area contributed by atoms with Crippen LogP contribution >= 0.6 is 11.6 Å². The molecule has 0 aliphatic rings. The van der Waals surface area contributed by atoms with E-state index in [1.54, 1.807) is 0 Å². The standard InChI is InChI=1S/C15H23Cl/c1-11(8-9-16)13-7-6-12(2)14(10-13)15(3,4)5/h6-7,10-11H,8-9H2,1-5H3. The largest absolute Gasteiger partial charge is 0.127 e. The second-order valence-electron chi connectivity index (χ2n) is 5.70. The first kappa shape index (κ1) is 13.6. The van der Waals surface area contributed by atoms with E-state index >= 15 is 0 Å². The Labute approximate surface area is 105 Å². The van der Waals surface area contributed by atoms with E-state index in [9.17, 15) is 0 Å². The van der Waals surface area contributed by atoms with Gasteiger partial charge < -0.3 is 0 Å². The van der Waals surface area contributed by atoms with Crippen molar-refractivity contribution in [3.05, 3.63) is 34.9 Å². The number of halogens is 1. The van der Waals surface area contributed by atoms with Crippen molar-refractivity contribution in [2.45, 2.75) is 52.4 Å². The monoisotopic (exact) mass is 238 g/mol. The summed E-state index contributed by atoms with van der Waals surface area (Å²) in [5.41, 5.74) is 4.47. The highest BCUT2D eigenvalue weighted by molar-refractivity contribution is 6.17. The van der Waals surface area contributed by atoms with Crippen LogP contribution in [-0.2, 0) is 5.41 Å². The minimum atomic E-state index is 0.223. The lowest BCUT2D eigenvalue weighted by Gasteiger charge is -2.23. The van der Waals surface area contributed by atoms with Gasteiger partial charge in [-0.15, -0.1) is 11.6 Å². The molecule has 0 nitrogen and oxygen atoms in total. The molecule has 1 heteroatoms. The predicted octanol–water partition coefficient (Wildman–Crippen LogP) is 5.02. The Balaban J connectivity index is 3.07.